The van der Waals surface area contributed by atoms with Gasteiger partial charge < -0.3 is 10.1 Å². The van der Waals surface area contributed by atoms with Gasteiger partial charge in [0.2, 0.25) is 15.9 Å². The van der Waals surface area contributed by atoms with Gasteiger partial charge in [0.15, 0.2) is 0 Å². The molecule has 3 heterocycles. The van der Waals surface area contributed by atoms with Gasteiger partial charge in [-0.3, -0.25) is 4.79 Å². The lowest BCUT2D eigenvalue weighted by molar-refractivity contribution is -0.132. The number of carbonyl (C=O) groups excluding carboxylic acids is 1. The van der Waals surface area contributed by atoms with Crippen LogP contribution in [-0.4, -0.2) is 59.7 Å². The van der Waals surface area contributed by atoms with Gasteiger partial charge in [-0.25, -0.2) is 8.42 Å². The van der Waals surface area contributed by atoms with E-state index in [1.54, 1.807) is 25.2 Å². The second kappa shape index (κ2) is 7.66. The molecule has 8 nitrogen and oxygen atoms in total. The number of aromatic nitrogens is 2. The minimum Gasteiger partial charge on any atom is -0.375 e. The Balaban J connectivity index is 1.48. The lowest BCUT2D eigenvalue weighted by Crippen LogP contribution is -2.51. The SMILES string of the molecule is CNC(=O)C[C@H]1CCOC2(CCN(S(=O)(=O)c3cccc4nsnc34)CC2)C1. The molecular formula is C18H24N4O4S2. The Morgan fingerprint density at radius 1 is 1.36 bits per heavy atom. The Morgan fingerprint density at radius 2 is 2.14 bits per heavy atom. The fraction of sp³-hybridized carbons (Fsp3) is 0.611. The van der Waals surface area contributed by atoms with E-state index in [2.05, 4.69) is 14.1 Å². The van der Waals surface area contributed by atoms with E-state index in [1.807, 2.05) is 0 Å². The number of benzene rings is 1. The third-order valence-electron chi connectivity index (χ3n) is 5.85. The van der Waals surface area contributed by atoms with Crippen LogP contribution in [0.1, 0.15) is 32.1 Å². The van der Waals surface area contributed by atoms with E-state index in [1.165, 1.54) is 4.31 Å². The van der Waals surface area contributed by atoms with E-state index in [-0.39, 0.29) is 22.3 Å². The Kier molecular flexibility index (Phi) is 5.38. The second-order valence-corrected chi connectivity index (χ2v) is 9.99. The van der Waals surface area contributed by atoms with Gasteiger partial charge in [0.05, 0.1) is 17.3 Å². The van der Waals surface area contributed by atoms with Crippen LogP contribution >= 0.6 is 11.7 Å². The Morgan fingerprint density at radius 3 is 2.89 bits per heavy atom. The van der Waals surface area contributed by atoms with Crippen molar-refractivity contribution in [3.05, 3.63) is 18.2 Å². The molecule has 0 unspecified atom stereocenters. The predicted octanol–water partition coefficient (Wildman–Crippen LogP) is 1.78. The number of nitrogens with zero attached hydrogens (tertiary/aromatic N) is 3. The van der Waals surface area contributed by atoms with Crippen LogP contribution in [0.25, 0.3) is 11.0 Å². The molecule has 152 valence electrons. The number of fused-ring (bicyclic) bond motifs is 1. The van der Waals surface area contributed by atoms with Gasteiger partial charge in [-0.05, 0) is 43.7 Å². The van der Waals surface area contributed by atoms with Crippen molar-refractivity contribution in [1.29, 1.82) is 0 Å². The molecule has 0 saturated carbocycles. The third kappa shape index (κ3) is 3.66. The Labute approximate surface area is 168 Å². The van der Waals surface area contributed by atoms with Gasteiger partial charge in [-0.15, -0.1) is 0 Å². The first-order valence-corrected chi connectivity index (χ1v) is 11.7. The molecule has 2 aromatic rings. The van der Waals surface area contributed by atoms with Crippen LogP contribution in [0.2, 0.25) is 0 Å². The van der Waals surface area contributed by atoms with E-state index >= 15 is 0 Å². The molecule has 0 aliphatic carbocycles. The minimum atomic E-state index is -3.63. The molecule has 2 aliphatic heterocycles. The number of ether oxygens (including phenoxy) is 1. The summed E-state index contributed by atoms with van der Waals surface area (Å²) in [5.74, 6) is 0.332. The van der Waals surface area contributed by atoms with E-state index in [9.17, 15) is 13.2 Å². The first-order chi connectivity index (χ1) is 13.4. The summed E-state index contributed by atoms with van der Waals surface area (Å²) in [4.78, 5) is 11.9. The normalized spacial score (nSPS) is 23.1. The number of carbonyl (C=O) groups is 1. The maximum Gasteiger partial charge on any atom is 0.245 e. The molecule has 2 aliphatic rings. The smallest absolute Gasteiger partial charge is 0.245 e. The van der Waals surface area contributed by atoms with Crippen molar-refractivity contribution in [1.82, 2.24) is 18.4 Å². The van der Waals surface area contributed by atoms with Gasteiger partial charge in [0, 0.05) is 33.2 Å². The molecular weight excluding hydrogens is 400 g/mol. The Hall–Kier alpha value is -1.62. The van der Waals surface area contributed by atoms with E-state index < -0.39 is 10.0 Å². The van der Waals surface area contributed by atoms with E-state index in [0.717, 1.165) is 24.6 Å². The van der Waals surface area contributed by atoms with Crippen molar-refractivity contribution in [2.45, 2.75) is 42.6 Å². The van der Waals surface area contributed by atoms with Crippen LogP contribution in [-0.2, 0) is 19.6 Å². The molecule has 10 heteroatoms. The summed E-state index contributed by atoms with van der Waals surface area (Å²) in [6.45, 7) is 1.43. The molecule has 2 saturated heterocycles. The fourth-order valence-corrected chi connectivity index (χ4v) is 6.47. The summed E-state index contributed by atoms with van der Waals surface area (Å²) in [6, 6.07) is 5.07. The van der Waals surface area contributed by atoms with Gasteiger partial charge in [0.25, 0.3) is 0 Å². The van der Waals surface area contributed by atoms with E-state index in [4.69, 9.17) is 4.74 Å². The molecule has 1 aromatic heterocycles. The number of sulfonamides is 1. The highest BCUT2D eigenvalue weighted by Gasteiger charge is 2.43. The third-order valence-corrected chi connectivity index (χ3v) is 8.32. The van der Waals surface area contributed by atoms with Gasteiger partial charge in [-0.1, -0.05) is 6.07 Å². The number of piperidine rings is 1. The number of hydrogen-bond acceptors (Lipinski definition) is 7. The maximum absolute atomic E-state index is 13.2. The van der Waals surface area contributed by atoms with Crippen LogP contribution in [0.15, 0.2) is 23.1 Å². The lowest BCUT2D eigenvalue weighted by atomic mass is 9.78. The highest BCUT2D eigenvalue weighted by atomic mass is 32.2. The molecule has 28 heavy (non-hydrogen) atoms. The number of hydrogen-bond donors (Lipinski definition) is 1. The molecule has 1 aromatic carbocycles. The highest BCUT2D eigenvalue weighted by Crippen LogP contribution is 2.40. The average Bonchev–Trinajstić information content (AvgIpc) is 3.17. The molecule has 1 atom stereocenters. The molecule has 2 fully saturated rings. The summed E-state index contributed by atoms with van der Waals surface area (Å²) < 4.78 is 42.3. The summed E-state index contributed by atoms with van der Waals surface area (Å²) in [5.41, 5.74) is 0.719. The first kappa shape index (κ1) is 19.7. The van der Waals surface area contributed by atoms with Crippen LogP contribution in [0, 0.1) is 5.92 Å². The van der Waals surface area contributed by atoms with Gasteiger partial charge in [-0.2, -0.15) is 13.1 Å². The zero-order valence-corrected chi connectivity index (χ0v) is 17.4. The molecule has 4 rings (SSSR count). The summed E-state index contributed by atoms with van der Waals surface area (Å²) in [7, 11) is -1.98. The maximum atomic E-state index is 13.2. The number of rotatable bonds is 4. The standard InChI is InChI=1S/C18H24N4O4S2/c1-19-16(23)11-13-5-10-26-18(12-13)6-8-22(9-7-18)28(24,25)15-4-2-3-14-17(15)21-27-20-14/h2-4,13H,5-12H2,1H3,(H,19,23)/t13-/m1/s1. The van der Waals surface area contributed by atoms with Gasteiger partial charge in [0.1, 0.15) is 15.9 Å². The van der Waals surface area contributed by atoms with Crippen molar-refractivity contribution < 1.29 is 17.9 Å². The van der Waals surface area contributed by atoms with Crippen molar-refractivity contribution in [3.63, 3.8) is 0 Å². The molecule has 0 radical (unpaired) electrons. The second-order valence-electron chi connectivity index (χ2n) is 7.56. The van der Waals surface area contributed by atoms with E-state index in [0.29, 0.717) is 50.0 Å². The van der Waals surface area contributed by atoms with Crippen molar-refractivity contribution in [2.24, 2.45) is 5.92 Å². The van der Waals surface area contributed by atoms with Crippen molar-refractivity contribution >= 4 is 38.7 Å². The van der Waals surface area contributed by atoms with Gasteiger partial charge >= 0.3 is 0 Å². The topological polar surface area (TPSA) is 101 Å². The summed E-state index contributed by atoms with van der Waals surface area (Å²) >= 11 is 1.02. The van der Waals surface area contributed by atoms with Crippen molar-refractivity contribution in [3.8, 4) is 0 Å². The van der Waals surface area contributed by atoms with Crippen LogP contribution in [0.5, 0.6) is 0 Å². The highest BCUT2D eigenvalue weighted by molar-refractivity contribution is 7.89. The number of amides is 1. The Bertz CT molecular complexity index is 967. The fourth-order valence-electron chi connectivity index (χ4n) is 4.28. The van der Waals surface area contributed by atoms with Crippen LogP contribution in [0.3, 0.4) is 0 Å². The molecule has 1 spiro atoms. The lowest BCUT2D eigenvalue weighted by Gasteiger charge is -2.45. The molecule has 1 amide bonds. The minimum absolute atomic E-state index is 0.0482. The first-order valence-electron chi connectivity index (χ1n) is 9.49. The quantitative estimate of drug-likeness (QED) is 0.803. The van der Waals surface area contributed by atoms with Crippen LogP contribution in [0.4, 0.5) is 0 Å². The average molecular weight is 425 g/mol. The zero-order valence-electron chi connectivity index (χ0n) is 15.8. The summed E-state index contributed by atoms with van der Waals surface area (Å²) in [5, 5.41) is 2.68. The molecule has 0 bridgehead atoms. The summed E-state index contributed by atoms with van der Waals surface area (Å²) in [6.07, 6.45) is 3.46. The zero-order chi connectivity index (χ0) is 19.8. The predicted molar refractivity (Wildman–Crippen MR) is 105 cm³/mol. The monoisotopic (exact) mass is 424 g/mol. The largest absolute Gasteiger partial charge is 0.375 e. The van der Waals surface area contributed by atoms with Crippen molar-refractivity contribution in [2.75, 3.05) is 26.7 Å². The number of nitrogens with one attached hydrogen (secondary N) is 1. The molecule has 1 N–H and O–H groups in total. The van der Waals surface area contributed by atoms with Crippen LogP contribution < -0.4 is 5.32 Å².